The number of pyridine rings is 1. The maximum atomic E-state index is 12.6. The fourth-order valence-corrected chi connectivity index (χ4v) is 3.89. The number of carbonyl (C=O) groups excluding carboxylic acids is 1. The minimum absolute atomic E-state index is 0.282. The van der Waals surface area contributed by atoms with Crippen molar-refractivity contribution in [2.45, 2.75) is 0 Å². The standard InChI is InChI=1S/C23H15N3O2S/c27-22(21-12-16-5-1-2-9-20(16)28-21)25-18-8-3-6-15(11-18)19-14-29-23(26-19)17-7-4-10-24-13-17/h1-14H,(H,25,27). The molecule has 5 nitrogen and oxygen atoms in total. The molecule has 0 saturated heterocycles. The molecule has 0 aliphatic carbocycles. The highest BCUT2D eigenvalue weighted by Crippen LogP contribution is 2.29. The van der Waals surface area contributed by atoms with E-state index < -0.39 is 0 Å². The van der Waals surface area contributed by atoms with Crippen LogP contribution in [0, 0.1) is 0 Å². The molecule has 5 aromatic rings. The van der Waals surface area contributed by atoms with Gasteiger partial charge in [0.25, 0.3) is 5.91 Å². The van der Waals surface area contributed by atoms with Crippen molar-refractivity contribution in [1.82, 2.24) is 9.97 Å². The number of hydrogen-bond acceptors (Lipinski definition) is 5. The Bertz CT molecular complexity index is 1270. The summed E-state index contributed by atoms with van der Waals surface area (Å²) in [6.45, 7) is 0. The first-order chi connectivity index (χ1) is 14.3. The van der Waals surface area contributed by atoms with Gasteiger partial charge >= 0.3 is 0 Å². The topological polar surface area (TPSA) is 68.0 Å². The molecule has 0 fully saturated rings. The SMILES string of the molecule is O=C(Nc1cccc(-c2csc(-c3cccnc3)n2)c1)c1cc2ccccc2o1. The lowest BCUT2D eigenvalue weighted by molar-refractivity contribution is 0.0998. The molecule has 0 atom stereocenters. The number of carbonyl (C=O) groups is 1. The van der Waals surface area contributed by atoms with E-state index in [1.807, 2.05) is 66.0 Å². The van der Waals surface area contributed by atoms with Gasteiger partial charge in [-0.3, -0.25) is 9.78 Å². The third kappa shape index (κ3) is 3.53. The molecular weight excluding hydrogens is 382 g/mol. The molecule has 0 saturated carbocycles. The molecule has 5 rings (SSSR count). The maximum Gasteiger partial charge on any atom is 0.291 e. The first-order valence-electron chi connectivity index (χ1n) is 9.02. The second-order valence-corrected chi connectivity index (χ2v) is 7.32. The largest absolute Gasteiger partial charge is 0.451 e. The predicted octanol–water partition coefficient (Wildman–Crippen LogP) is 5.87. The van der Waals surface area contributed by atoms with Gasteiger partial charge in [-0.1, -0.05) is 30.3 Å². The number of nitrogens with one attached hydrogen (secondary N) is 1. The lowest BCUT2D eigenvalue weighted by Gasteiger charge is -2.05. The number of rotatable bonds is 4. The van der Waals surface area contributed by atoms with E-state index in [2.05, 4.69) is 10.3 Å². The molecule has 0 aliphatic rings. The Morgan fingerprint density at radius 2 is 1.86 bits per heavy atom. The van der Waals surface area contributed by atoms with Crippen molar-refractivity contribution in [1.29, 1.82) is 0 Å². The third-order valence-electron chi connectivity index (χ3n) is 4.48. The van der Waals surface area contributed by atoms with Crippen molar-refractivity contribution in [3.63, 3.8) is 0 Å². The van der Waals surface area contributed by atoms with Crippen molar-refractivity contribution in [2.75, 3.05) is 5.32 Å². The van der Waals surface area contributed by atoms with Gasteiger partial charge in [0, 0.05) is 40.0 Å². The van der Waals surface area contributed by atoms with Gasteiger partial charge in [0.2, 0.25) is 0 Å². The van der Waals surface area contributed by atoms with Gasteiger partial charge in [0.05, 0.1) is 5.69 Å². The molecule has 3 heterocycles. The van der Waals surface area contributed by atoms with Crippen LogP contribution in [0.2, 0.25) is 0 Å². The van der Waals surface area contributed by atoms with E-state index in [1.165, 1.54) is 0 Å². The summed E-state index contributed by atoms with van der Waals surface area (Å²) in [6, 6.07) is 20.8. The quantitative estimate of drug-likeness (QED) is 0.412. The zero-order valence-electron chi connectivity index (χ0n) is 15.2. The summed E-state index contributed by atoms with van der Waals surface area (Å²) >= 11 is 1.56. The lowest BCUT2D eigenvalue weighted by atomic mass is 10.1. The monoisotopic (exact) mass is 397 g/mol. The van der Waals surface area contributed by atoms with E-state index in [-0.39, 0.29) is 11.7 Å². The Hall–Kier alpha value is -3.77. The fraction of sp³-hybridized carbons (Fsp3) is 0. The lowest BCUT2D eigenvalue weighted by Crippen LogP contribution is -2.10. The number of furan rings is 1. The minimum atomic E-state index is -0.285. The van der Waals surface area contributed by atoms with E-state index in [4.69, 9.17) is 9.40 Å². The van der Waals surface area contributed by atoms with Crippen LogP contribution in [0.3, 0.4) is 0 Å². The van der Waals surface area contributed by atoms with Crippen LogP contribution in [0.15, 0.2) is 88.9 Å². The Morgan fingerprint density at radius 3 is 2.72 bits per heavy atom. The second-order valence-electron chi connectivity index (χ2n) is 6.46. The predicted molar refractivity (Wildman–Crippen MR) is 115 cm³/mol. The number of anilines is 1. The van der Waals surface area contributed by atoms with Gasteiger partial charge in [-0.05, 0) is 36.4 Å². The van der Waals surface area contributed by atoms with E-state index >= 15 is 0 Å². The molecule has 2 aromatic carbocycles. The Labute approximate surface area is 170 Å². The Balaban J connectivity index is 1.38. The molecule has 0 spiro atoms. The average Bonchev–Trinajstić information content (AvgIpc) is 3.42. The molecule has 3 aromatic heterocycles. The molecule has 0 aliphatic heterocycles. The number of amides is 1. The molecule has 6 heteroatoms. The number of aromatic nitrogens is 2. The number of para-hydroxylation sites is 1. The van der Waals surface area contributed by atoms with Crippen molar-refractivity contribution in [2.24, 2.45) is 0 Å². The first-order valence-corrected chi connectivity index (χ1v) is 9.90. The zero-order valence-corrected chi connectivity index (χ0v) is 16.0. The van der Waals surface area contributed by atoms with Gasteiger partial charge in [-0.2, -0.15) is 0 Å². The summed E-state index contributed by atoms with van der Waals surface area (Å²) in [4.78, 5) is 21.4. The van der Waals surface area contributed by atoms with Crippen LogP contribution < -0.4 is 5.32 Å². The minimum Gasteiger partial charge on any atom is -0.451 e. The summed E-state index contributed by atoms with van der Waals surface area (Å²) in [5.41, 5.74) is 4.14. The normalized spacial score (nSPS) is 10.9. The van der Waals surface area contributed by atoms with Crippen molar-refractivity contribution in [3.05, 3.63) is 90.3 Å². The number of fused-ring (bicyclic) bond motifs is 1. The molecular formula is C23H15N3O2S. The van der Waals surface area contributed by atoms with Gasteiger partial charge in [0.15, 0.2) is 5.76 Å². The van der Waals surface area contributed by atoms with Gasteiger partial charge in [0.1, 0.15) is 10.6 Å². The molecule has 1 amide bonds. The highest BCUT2D eigenvalue weighted by atomic mass is 32.1. The summed E-state index contributed by atoms with van der Waals surface area (Å²) in [5, 5.41) is 6.71. The van der Waals surface area contributed by atoms with Crippen molar-refractivity contribution in [3.8, 4) is 21.8 Å². The molecule has 0 radical (unpaired) electrons. The van der Waals surface area contributed by atoms with Crippen LogP contribution in [-0.2, 0) is 0 Å². The van der Waals surface area contributed by atoms with Crippen molar-refractivity contribution < 1.29 is 9.21 Å². The summed E-state index contributed by atoms with van der Waals surface area (Å²) < 4.78 is 5.64. The van der Waals surface area contributed by atoms with Crippen LogP contribution in [0.1, 0.15) is 10.6 Å². The van der Waals surface area contributed by atoms with E-state index in [9.17, 15) is 4.79 Å². The number of benzene rings is 2. The van der Waals surface area contributed by atoms with E-state index in [0.29, 0.717) is 11.3 Å². The Kier molecular flexibility index (Phi) is 4.38. The molecule has 29 heavy (non-hydrogen) atoms. The second kappa shape index (κ2) is 7.33. The highest BCUT2D eigenvalue weighted by molar-refractivity contribution is 7.13. The first kappa shape index (κ1) is 17.3. The summed E-state index contributed by atoms with van der Waals surface area (Å²) in [5.74, 6) is -0.00296. The van der Waals surface area contributed by atoms with Gasteiger partial charge < -0.3 is 9.73 Å². The third-order valence-corrected chi connectivity index (χ3v) is 5.37. The average molecular weight is 397 g/mol. The molecule has 140 valence electrons. The van der Waals surface area contributed by atoms with Gasteiger partial charge in [-0.25, -0.2) is 4.98 Å². The van der Waals surface area contributed by atoms with Crippen LogP contribution in [0.4, 0.5) is 5.69 Å². The van der Waals surface area contributed by atoms with E-state index in [0.717, 1.165) is 27.2 Å². The molecule has 0 bridgehead atoms. The van der Waals surface area contributed by atoms with Gasteiger partial charge in [-0.15, -0.1) is 11.3 Å². The maximum absolute atomic E-state index is 12.6. The van der Waals surface area contributed by atoms with Crippen LogP contribution in [0.25, 0.3) is 32.8 Å². The summed E-state index contributed by atoms with van der Waals surface area (Å²) in [6.07, 6.45) is 3.54. The molecule has 1 N–H and O–H groups in total. The van der Waals surface area contributed by atoms with E-state index in [1.54, 1.807) is 29.8 Å². The number of thiazole rings is 1. The van der Waals surface area contributed by atoms with Crippen LogP contribution >= 0.6 is 11.3 Å². The van der Waals surface area contributed by atoms with Crippen LogP contribution in [-0.4, -0.2) is 15.9 Å². The smallest absolute Gasteiger partial charge is 0.291 e. The molecule has 0 unspecified atom stereocenters. The van der Waals surface area contributed by atoms with Crippen LogP contribution in [0.5, 0.6) is 0 Å². The number of nitrogens with zero attached hydrogens (tertiary/aromatic N) is 2. The zero-order chi connectivity index (χ0) is 19.6. The number of hydrogen-bond donors (Lipinski definition) is 1. The summed E-state index contributed by atoms with van der Waals surface area (Å²) in [7, 11) is 0. The highest BCUT2D eigenvalue weighted by Gasteiger charge is 2.13. The Morgan fingerprint density at radius 1 is 0.966 bits per heavy atom. The van der Waals surface area contributed by atoms with Crippen molar-refractivity contribution >= 4 is 33.9 Å². The fourth-order valence-electron chi connectivity index (χ4n) is 3.07.